The van der Waals surface area contributed by atoms with Crippen LogP contribution in [-0.2, 0) is 14.3 Å². The number of hydrogen-bond acceptors (Lipinski definition) is 3. The average molecular weight is 257 g/mol. The van der Waals surface area contributed by atoms with Gasteiger partial charge in [-0.15, -0.1) is 0 Å². The summed E-state index contributed by atoms with van der Waals surface area (Å²) in [6.07, 6.45) is 3.48. The number of rotatable bonds is 7. The molecule has 0 aliphatic rings. The summed E-state index contributed by atoms with van der Waals surface area (Å²) in [6.45, 7) is 9.01. The van der Waals surface area contributed by atoms with Crippen molar-refractivity contribution in [2.75, 3.05) is 20.2 Å². The summed E-state index contributed by atoms with van der Waals surface area (Å²) in [7, 11) is 1.37. The molecule has 18 heavy (non-hydrogen) atoms. The van der Waals surface area contributed by atoms with Gasteiger partial charge in [0.1, 0.15) is 0 Å². The molecule has 0 aliphatic heterocycles. The van der Waals surface area contributed by atoms with Crippen LogP contribution in [-0.4, -0.2) is 37.0 Å². The van der Waals surface area contributed by atoms with Gasteiger partial charge in [-0.3, -0.25) is 9.59 Å². The van der Waals surface area contributed by atoms with E-state index in [-0.39, 0.29) is 18.3 Å². The number of carbonyl (C=O) groups is 2. The third kappa shape index (κ3) is 6.62. The van der Waals surface area contributed by atoms with Crippen LogP contribution in [0, 0.1) is 5.41 Å². The van der Waals surface area contributed by atoms with Gasteiger partial charge in [0.25, 0.3) is 0 Å². The molecule has 0 spiro atoms. The quantitative estimate of drug-likeness (QED) is 0.520. The SMILES string of the molecule is CCCCCN(CCC(=O)OC)C(=O)C(C)(C)C. The van der Waals surface area contributed by atoms with Crippen LogP contribution in [0.1, 0.15) is 53.4 Å². The molecule has 106 valence electrons. The lowest BCUT2D eigenvalue weighted by molar-refractivity contribution is -0.143. The van der Waals surface area contributed by atoms with Gasteiger partial charge in [-0.1, -0.05) is 40.5 Å². The van der Waals surface area contributed by atoms with E-state index in [2.05, 4.69) is 11.7 Å². The Balaban J connectivity index is 4.42. The Morgan fingerprint density at radius 1 is 1.11 bits per heavy atom. The van der Waals surface area contributed by atoms with E-state index in [1.54, 1.807) is 4.90 Å². The summed E-state index contributed by atoms with van der Waals surface area (Å²) in [5.74, 6) is -0.167. The maximum Gasteiger partial charge on any atom is 0.307 e. The summed E-state index contributed by atoms with van der Waals surface area (Å²) in [6, 6.07) is 0. The Bertz CT molecular complexity index is 269. The zero-order chi connectivity index (χ0) is 14.2. The molecular formula is C14H27NO3. The first-order valence-electron chi connectivity index (χ1n) is 6.69. The van der Waals surface area contributed by atoms with Gasteiger partial charge in [-0.25, -0.2) is 0 Å². The van der Waals surface area contributed by atoms with E-state index < -0.39 is 5.41 Å². The molecule has 0 radical (unpaired) electrons. The minimum Gasteiger partial charge on any atom is -0.469 e. The Morgan fingerprint density at radius 2 is 1.72 bits per heavy atom. The molecule has 0 rings (SSSR count). The molecule has 0 unspecified atom stereocenters. The number of esters is 1. The molecule has 0 saturated carbocycles. The number of ether oxygens (including phenoxy) is 1. The monoisotopic (exact) mass is 257 g/mol. The number of amides is 1. The van der Waals surface area contributed by atoms with Crippen LogP contribution >= 0.6 is 0 Å². The van der Waals surface area contributed by atoms with Crippen molar-refractivity contribution in [3.05, 3.63) is 0 Å². The first kappa shape index (κ1) is 16.9. The second kappa shape index (κ2) is 8.11. The van der Waals surface area contributed by atoms with Gasteiger partial charge < -0.3 is 9.64 Å². The van der Waals surface area contributed by atoms with Crippen LogP contribution in [0.4, 0.5) is 0 Å². The molecule has 0 aliphatic carbocycles. The van der Waals surface area contributed by atoms with Gasteiger partial charge >= 0.3 is 5.97 Å². The van der Waals surface area contributed by atoms with Crippen LogP contribution in [0.25, 0.3) is 0 Å². The predicted octanol–water partition coefficient (Wildman–Crippen LogP) is 2.61. The van der Waals surface area contributed by atoms with Crippen LogP contribution in [0.15, 0.2) is 0 Å². The first-order valence-corrected chi connectivity index (χ1v) is 6.69. The van der Waals surface area contributed by atoms with E-state index >= 15 is 0 Å². The second-order valence-corrected chi connectivity index (χ2v) is 5.58. The van der Waals surface area contributed by atoms with E-state index in [9.17, 15) is 9.59 Å². The van der Waals surface area contributed by atoms with Gasteiger partial charge in [0.15, 0.2) is 0 Å². The molecule has 0 saturated heterocycles. The van der Waals surface area contributed by atoms with Gasteiger partial charge in [0, 0.05) is 18.5 Å². The van der Waals surface area contributed by atoms with Crippen molar-refractivity contribution < 1.29 is 14.3 Å². The zero-order valence-electron chi connectivity index (χ0n) is 12.4. The Hall–Kier alpha value is -1.06. The predicted molar refractivity (Wildman–Crippen MR) is 72.2 cm³/mol. The largest absolute Gasteiger partial charge is 0.469 e. The highest BCUT2D eigenvalue weighted by atomic mass is 16.5. The molecule has 1 amide bonds. The topological polar surface area (TPSA) is 46.6 Å². The van der Waals surface area contributed by atoms with Crippen molar-refractivity contribution in [3.8, 4) is 0 Å². The maximum absolute atomic E-state index is 12.2. The molecule has 0 fully saturated rings. The molecule has 0 heterocycles. The van der Waals surface area contributed by atoms with Gasteiger partial charge in [-0.05, 0) is 6.42 Å². The average Bonchev–Trinajstić information content (AvgIpc) is 2.31. The fourth-order valence-corrected chi connectivity index (χ4v) is 1.67. The van der Waals surface area contributed by atoms with Crippen LogP contribution in [0.2, 0.25) is 0 Å². The highest BCUT2D eigenvalue weighted by Gasteiger charge is 2.27. The third-order valence-corrected chi connectivity index (χ3v) is 2.77. The molecule has 0 N–H and O–H groups in total. The maximum atomic E-state index is 12.2. The summed E-state index contributed by atoms with van der Waals surface area (Å²) in [5.41, 5.74) is -0.400. The summed E-state index contributed by atoms with van der Waals surface area (Å²) >= 11 is 0. The van der Waals surface area contributed by atoms with Crippen molar-refractivity contribution in [1.82, 2.24) is 4.90 Å². The number of carbonyl (C=O) groups excluding carboxylic acids is 2. The second-order valence-electron chi connectivity index (χ2n) is 5.58. The number of methoxy groups -OCH3 is 1. The van der Waals surface area contributed by atoms with Gasteiger partial charge in [0.05, 0.1) is 13.5 Å². The molecule has 4 heteroatoms. The normalized spacial score (nSPS) is 11.2. The molecular weight excluding hydrogens is 230 g/mol. The van der Waals surface area contributed by atoms with E-state index in [1.807, 2.05) is 20.8 Å². The lowest BCUT2D eigenvalue weighted by atomic mass is 9.94. The summed E-state index contributed by atoms with van der Waals surface area (Å²) in [5, 5.41) is 0. The van der Waals surface area contributed by atoms with Crippen LogP contribution < -0.4 is 0 Å². The lowest BCUT2D eigenvalue weighted by Crippen LogP contribution is -2.41. The number of nitrogens with zero attached hydrogens (tertiary/aromatic N) is 1. The molecule has 0 aromatic heterocycles. The van der Waals surface area contributed by atoms with E-state index in [0.717, 1.165) is 25.8 Å². The molecule has 0 aromatic carbocycles. The number of hydrogen-bond donors (Lipinski definition) is 0. The summed E-state index contributed by atoms with van der Waals surface area (Å²) in [4.78, 5) is 25.2. The van der Waals surface area contributed by atoms with Crippen LogP contribution in [0.3, 0.4) is 0 Å². The molecule has 0 bridgehead atoms. The minimum atomic E-state index is -0.400. The third-order valence-electron chi connectivity index (χ3n) is 2.77. The van der Waals surface area contributed by atoms with Gasteiger partial charge in [-0.2, -0.15) is 0 Å². The minimum absolute atomic E-state index is 0.0995. The fourth-order valence-electron chi connectivity index (χ4n) is 1.67. The Kier molecular flexibility index (Phi) is 7.64. The Morgan fingerprint density at radius 3 is 2.17 bits per heavy atom. The first-order chi connectivity index (χ1) is 8.32. The Labute approximate surface area is 111 Å². The van der Waals surface area contributed by atoms with Crippen molar-refractivity contribution in [1.29, 1.82) is 0 Å². The highest BCUT2D eigenvalue weighted by Crippen LogP contribution is 2.18. The fraction of sp³-hybridized carbons (Fsp3) is 0.857. The lowest BCUT2D eigenvalue weighted by Gasteiger charge is -2.29. The van der Waals surface area contributed by atoms with E-state index in [4.69, 9.17) is 0 Å². The van der Waals surface area contributed by atoms with Crippen molar-refractivity contribution in [2.45, 2.75) is 53.4 Å². The standard InChI is InChI=1S/C14H27NO3/c1-6-7-8-10-15(11-9-12(16)18-5)13(17)14(2,3)4/h6-11H2,1-5H3. The summed E-state index contributed by atoms with van der Waals surface area (Å²) < 4.78 is 4.61. The van der Waals surface area contributed by atoms with E-state index in [1.165, 1.54) is 7.11 Å². The molecule has 4 nitrogen and oxygen atoms in total. The van der Waals surface area contributed by atoms with Crippen molar-refractivity contribution >= 4 is 11.9 Å². The van der Waals surface area contributed by atoms with Gasteiger partial charge in [0.2, 0.25) is 5.91 Å². The number of unbranched alkanes of at least 4 members (excludes halogenated alkanes) is 2. The highest BCUT2D eigenvalue weighted by molar-refractivity contribution is 5.82. The van der Waals surface area contributed by atoms with Crippen molar-refractivity contribution in [2.24, 2.45) is 5.41 Å². The van der Waals surface area contributed by atoms with Crippen molar-refractivity contribution in [3.63, 3.8) is 0 Å². The molecule has 0 atom stereocenters. The van der Waals surface area contributed by atoms with E-state index in [0.29, 0.717) is 6.54 Å². The molecule has 0 aromatic rings. The smallest absolute Gasteiger partial charge is 0.307 e. The van der Waals surface area contributed by atoms with Crippen LogP contribution in [0.5, 0.6) is 0 Å². The zero-order valence-corrected chi connectivity index (χ0v) is 12.4.